The van der Waals surface area contributed by atoms with Crippen LogP contribution in [0.4, 0.5) is 5.82 Å². The molecule has 0 aliphatic heterocycles. The third-order valence-electron chi connectivity index (χ3n) is 18.4. The minimum Gasteiger partial charge on any atom is -0.481 e. The minimum atomic E-state index is -3.74. The van der Waals surface area contributed by atoms with Gasteiger partial charge in [0.25, 0.3) is 23.6 Å². The molecule has 1 unspecified atom stereocenters. The quantitative estimate of drug-likeness (QED) is 0.0389. The third kappa shape index (κ3) is 25.1. The maximum Gasteiger partial charge on any atom is 0.280 e. The molecule has 41 heteroatoms. The summed E-state index contributed by atoms with van der Waals surface area (Å²) in [5.41, 5.74) is 16.1. The highest BCUT2D eigenvalue weighted by molar-refractivity contribution is 7.90. The van der Waals surface area contributed by atoms with E-state index in [2.05, 4.69) is 178 Å². The summed E-state index contributed by atoms with van der Waals surface area (Å²) in [6, 6.07) is 53.1. The van der Waals surface area contributed by atoms with E-state index in [4.69, 9.17) is 63.3 Å². The minimum absolute atomic E-state index is 0.0156. The fraction of sp³-hybridized carbons (Fsp3) is 0.226. The number of hydrogen-bond donors (Lipinski definition) is 6. The zero-order valence-electron chi connectivity index (χ0n) is 69.5. The van der Waals surface area contributed by atoms with Crippen LogP contribution in [0.1, 0.15) is 116 Å². The fourth-order valence-electron chi connectivity index (χ4n) is 11.6. The van der Waals surface area contributed by atoms with Gasteiger partial charge in [-0.2, -0.15) is 24.9 Å². The van der Waals surface area contributed by atoms with Crippen molar-refractivity contribution in [2.45, 2.75) is 130 Å². The lowest BCUT2D eigenvalue weighted by Gasteiger charge is -2.25. The number of sulfonamides is 5. The Bertz CT molecular complexity index is 6820. The number of ether oxygens (including phenoxy) is 1. The van der Waals surface area contributed by atoms with Crippen LogP contribution in [0.15, 0.2) is 258 Å². The lowest BCUT2D eigenvalue weighted by molar-refractivity contribution is 0.366. The molecule has 15 aromatic rings. The second-order valence-corrected chi connectivity index (χ2v) is 39.0. The summed E-state index contributed by atoms with van der Waals surface area (Å²) >= 11 is 0. The predicted octanol–water partition coefficient (Wildman–Crippen LogP) is 13.1. The smallest absolute Gasteiger partial charge is 0.280 e. The van der Waals surface area contributed by atoms with E-state index in [1.54, 1.807) is 97.2 Å². The predicted molar refractivity (Wildman–Crippen MR) is 462 cm³/mol. The largest absolute Gasteiger partial charge is 0.481 e. The van der Waals surface area contributed by atoms with E-state index in [1.807, 2.05) is 6.92 Å². The van der Waals surface area contributed by atoms with Crippen LogP contribution in [0, 0.1) is 11.8 Å². The molecule has 0 saturated heterocycles. The topological polar surface area (TPSA) is 582 Å². The lowest BCUT2D eigenvalue weighted by Crippen LogP contribution is -2.16. The van der Waals surface area contributed by atoms with Crippen LogP contribution in [-0.2, 0) is 73.8 Å². The molecule has 36 nitrogen and oxygen atoms in total. The van der Waals surface area contributed by atoms with Crippen molar-refractivity contribution in [3.05, 3.63) is 240 Å². The van der Waals surface area contributed by atoms with Crippen LogP contribution in [0.3, 0.4) is 0 Å². The van der Waals surface area contributed by atoms with E-state index in [-0.39, 0.29) is 47.1 Å². The SMILES string of the molecule is CC(C)(C)c1cc(-c2nc(-c3ccc(S(N)(=O)=O)cc3)no2)cc(C(C)(C)C)c1.CC(C)Cc1cc(-c2nc(-c3ccc(S(N)(=O)=O)cc3)no2)no1.CC(C)Cc1ccc(C(C)c2nc(-c3ccc(S(N)(=O)=O)cc3)no2)cc1.COc1cc(-c2nc(-c3ccc(S(N)(=O)=O)cc3)no2)ccn1.Nc1cc(-c2nc(-c3ccc(S(N)(=O)=O)cc3)no2)ccn1. The second-order valence-electron chi connectivity index (χ2n) is 31.2. The molecule has 0 bridgehead atoms. The number of hydrogen-bond acceptors (Lipinski definition) is 31. The van der Waals surface area contributed by atoms with Gasteiger partial charge in [0, 0.05) is 75.5 Å². The van der Waals surface area contributed by atoms with Crippen molar-refractivity contribution in [2.24, 2.45) is 37.5 Å². The Morgan fingerprint density at radius 3 is 1.03 bits per heavy atom. The number of nitrogens with two attached hydrogens (primary N) is 6. The van der Waals surface area contributed by atoms with Crippen molar-refractivity contribution < 1.29 is 74.0 Å². The van der Waals surface area contributed by atoms with E-state index in [0.29, 0.717) is 121 Å². The Labute approximate surface area is 720 Å². The highest BCUT2D eigenvalue weighted by Crippen LogP contribution is 2.36. The van der Waals surface area contributed by atoms with Crippen LogP contribution < -0.4 is 36.2 Å². The maximum absolute atomic E-state index is 11.4. The van der Waals surface area contributed by atoms with Gasteiger partial charge in [-0.1, -0.05) is 131 Å². The highest BCUT2D eigenvalue weighted by Gasteiger charge is 2.26. The number of aromatic nitrogens is 13. The molecular formula is C84H89N19O17S5. The molecule has 8 aromatic heterocycles. The van der Waals surface area contributed by atoms with Gasteiger partial charge in [-0.15, -0.1) is 0 Å². The summed E-state index contributed by atoms with van der Waals surface area (Å²) < 4.78 is 150. The van der Waals surface area contributed by atoms with Crippen LogP contribution >= 0.6 is 0 Å². The van der Waals surface area contributed by atoms with Crippen LogP contribution in [0.2, 0.25) is 0 Å². The molecule has 0 aliphatic rings. The number of pyridine rings is 2. The highest BCUT2D eigenvalue weighted by atomic mass is 32.2. The summed E-state index contributed by atoms with van der Waals surface area (Å²) in [6.07, 6.45) is 4.92. The molecule has 0 aliphatic carbocycles. The lowest BCUT2D eigenvalue weighted by atomic mass is 9.79. The normalized spacial score (nSPS) is 12.2. The fourth-order valence-corrected chi connectivity index (χ4v) is 14.2. The van der Waals surface area contributed by atoms with Gasteiger partial charge in [0.2, 0.25) is 91.0 Å². The molecule has 0 saturated carbocycles. The van der Waals surface area contributed by atoms with Crippen LogP contribution in [0.5, 0.6) is 5.88 Å². The molecule has 0 spiro atoms. The first-order chi connectivity index (χ1) is 58.7. The molecule has 8 heterocycles. The van der Waals surface area contributed by atoms with Gasteiger partial charge in [-0.3, -0.25) is 0 Å². The zero-order chi connectivity index (χ0) is 90.7. The average molecular weight is 1800 g/mol. The molecule has 0 fully saturated rings. The Kier molecular flexibility index (Phi) is 28.4. The average Bonchev–Trinajstić information content (AvgIpc) is 1.78. The third-order valence-corrected chi connectivity index (χ3v) is 23.0. The van der Waals surface area contributed by atoms with Crippen molar-refractivity contribution in [2.75, 3.05) is 12.8 Å². The summed E-state index contributed by atoms with van der Waals surface area (Å²) in [7, 11) is -17.1. The zero-order valence-corrected chi connectivity index (χ0v) is 73.6. The van der Waals surface area contributed by atoms with Crippen LogP contribution in [-0.4, -0.2) is 115 Å². The Morgan fingerprint density at radius 1 is 0.344 bits per heavy atom. The number of benzene rings is 7. The van der Waals surface area contributed by atoms with E-state index in [9.17, 15) is 42.1 Å². The van der Waals surface area contributed by atoms with E-state index in [0.717, 1.165) is 29.7 Å². The molecule has 7 aromatic carbocycles. The summed E-state index contributed by atoms with van der Waals surface area (Å²) in [5.74, 6) is 6.08. The first kappa shape index (κ1) is 92.6. The number of nitrogen functional groups attached to an aromatic ring is 1. The standard InChI is InChI=1S/C22H27N3O3S.C20H23N3O3S.C15H16N4O4S.C14H12N4O4S.C13H11N5O3S/c1-21(2,3)16-11-15(12-17(13-16)22(4,5)6)20-24-19(25-28-20)14-7-9-18(10-8-14)29(23,26)27;1-13(2)12-15-4-6-16(7-5-15)14(3)20-22-19(23-26-20)17-8-10-18(11-9-17)27(21,24)25;1-9(2)7-11-8-13(18-22-11)15-17-14(19-23-15)10-3-5-12(6-4-10)24(16,20)21;1-21-12-8-10(6-7-16-12)14-17-13(18-22-14)9-2-4-11(5-3-9)23(15,19)20;14-11-7-9(5-6-16-11)13-17-12(18-21-13)8-1-3-10(4-2-8)22(15,19)20/h7-13H,1-6H3,(H2,23,26,27);4-11,13-14H,12H2,1-3H3,(H2,21,24,25);3-6,8-9H,7H2,1-2H3,(H2,16,20,21);2-8H,1H3,(H2,15,19,20);1-7H,(H2,14,16)(H2,15,19,20). The van der Waals surface area contributed by atoms with Gasteiger partial charge in [-0.05, 0) is 210 Å². The molecule has 0 amide bonds. The number of rotatable bonds is 21. The Hall–Kier alpha value is -13.1. The summed E-state index contributed by atoms with van der Waals surface area (Å²) in [5, 5.41) is 49.1. The van der Waals surface area contributed by atoms with Gasteiger partial charge in [-0.25, -0.2) is 77.8 Å². The molecular weight excluding hydrogens is 1710 g/mol. The molecule has 15 rings (SSSR count). The van der Waals surface area contributed by atoms with E-state index >= 15 is 0 Å². The maximum atomic E-state index is 11.4. The Balaban J connectivity index is 0.000000152. The van der Waals surface area contributed by atoms with Crippen molar-refractivity contribution in [1.29, 1.82) is 0 Å². The first-order valence-electron chi connectivity index (χ1n) is 38.0. The van der Waals surface area contributed by atoms with Gasteiger partial charge in [0.1, 0.15) is 11.6 Å². The second kappa shape index (κ2) is 38.3. The van der Waals surface area contributed by atoms with Crippen LogP contribution in [0.25, 0.3) is 103 Å². The molecule has 652 valence electrons. The van der Waals surface area contributed by atoms with Crippen molar-refractivity contribution in [1.82, 2.24) is 65.8 Å². The summed E-state index contributed by atoms with van der Waals surface area (Å²) in [4.78, 5) is 29.8. The molecule has 0 radical (unpaired) electrons. The first-order valence-corrected chi connectivity index (χ1v) is 45.7. The van der Waals surface area contributed by atoms with Gasteiger partial charge < -0.3 is 37.6 Å². The van der Waals surface area contributed by atoms with Gasteiger partial charge in [0.15, 0.2) is 5.69 Å². The van der Waals surface area contributed by atoms with Crippen molar-refractivity contribution >= 4 is 55.9 Å². The number of methoxy groups -OCH3 is 1. The van der Waals surface area contributed by atoms with Gasteiger partial charge >= 0.3 is 0 Å². The number of nitrogens with zero attached hydrogens (tertiary/aromatic N) is 13. The number of primary sulfonamides is 5. The monoisotopic (exact) mass is 1800 g/mol. The van der Waals surface area contributed by atoms with E-state index < -0.39 is 50.1 Å². The van der Waals surface area contributed by atoms with Gasteiger partial charge in [0.05, 0.1) is 37.5 Å². The molecule has 1 atom stereocenters. The molecule has 12 N–H and O–H groups in total. The van der Waals surface area contributed by atoms with Crippen molar-refractivity contribution in [3.8, 4) is 109 Å². The summed E-state index contributed by atoms with van der Waals surface area (Å²) in [6.45, 7) is 23.6. The van der Waals surface area contributed by atoms with E-state index in [1.165, 1.54) is 90.7 Å². The molecule has 125 heavy (non-hydrogen) atoms. The number of anilines is 1. The Morgan fingerprint density at radius 2 is 0.680 bits per heavy atom. The van der Waals surface area contributed by atoms with Crippen molar-refractivity contribution in [3.63, 3.8) is 0 Å².